The number of hydrogen-bond donors (Lipinski definition) is 1. The van der Waals surface area contributed by atoms with Crippen LogP contribution in [0.3, 0.4) is 0 Å². The SMILES string of the molecule is CCC[C@@H](O)c1ccc2ccccc2n1. The third kappa shape index (κ3) is 2.16. The predicted molar refractivity (Wildman–Crippen MR) is 61.6 cm³/mol. The molecule has 0 fully saturated rings. The molecule has 0 bridgehead atoms. The minimum atomic E-state index is -0.431. The van der Waals surface area contributed by atoms with Gasteiger partial charge in [-0.3, -0.25) is 4.98 Å². The van der Waals surface area contributed by atoms with Gasteiger partial charge in [0.05, 0.1) is 17.3 Å². The zero-order valence-corrected chi connectivity index (χ0v) is 8.85. The van der Waals surface area contributed by atoms with Crippen molar-refractivity contribution in [3.8, 4) is 0 Å². The van der Waals surface area contributed by atoms with Gasteiger partial charge in [-0.1, -0.05) is 37.6 Å². The highest BCUT2D eigenvalue weighted by molar-refractivity contribution is 5.78. The van der Waals surface area contributed by atoms with Gasteiger partial charge in [0.1, 0.15) is 0 Å². The molecule has 0 saturated carbocycles. The van der Waals surface area contributed by atoms with Gasteiger partial charge in [0.2, 0.25) is 0 Å². The van der Waals surface area contributed by atoms with E-state index >= 15 is 0 Å². The summed E-state index contributed by atoms with van der Waals surface area (Å²) < 4.78 is 0. The summed E-state index contributed by atoms with van der Waals surface area (Å²) in [6, 6.07) is 11.9. The van der Waals surface area contributed by atoms with E-state index in [9.17, 15) is 5.11 Å². The second-order valence-corrected chi connectivity index (χ2v) is 3.73. The fourth-order valence-corrected chi connectivity index (χ4v) is 1.69. The number of para-hydroxylation sites is 1. The summed E-state index contributed by atoms with van der Waals surface area (Å²) in [5, 5.41) is 10.9. The van der Waals surface area contributed by atoms with Crippen LogP contribution in [-0.2, 0) is 0 Å². The quantitative estimate of drug-likeness (QED) is 0.827. The second-order valence-electron chi connectivity index (χ2n) is 3.73. The van der Waals surface area contributed by atoms with Gasteiger partial charge in [-0.2, -0.15) is 0 Å². The maximum Gasteiger partial charge on any atom is 0.0959 e. The first-order valence-electron chi connectivity index (χ1n) is 5.35. The first-order chi connectivity index (χ1) is 7.31. The molecule has 2 rings (SSSR count). The van der Waals surface area contributed by atoms with Crippen LogP contribution >= 0.6 is 0 Å². The molecule has 0 aliphatic rings. The number of nitrogens with zero attached hydrogens (tertiary/aromatic N) is 1. The highest BCUT2D eigenvalue weighted by atomic mass is 16.3. The summed E-state index contributed by atoms with van der Waals surface area (Å²) in [4.78, 5) is 4.44. The van der Waals surface area contributed by atoms with Crippen molar-refractivity contribution in [2.24, 2.45) is 0 Å². The Labute approximate surface area is 89.6 Å². The first-order valence-corrected chi connectivity index (χ1v) is 5.35. The van der Waals surface area contributed by atoms with Crippen LogP contribution in [-0.4, -0.2) is 10.1 Å². The van der Waals surface area contributed by atoms with Crippen LogP contribution in [0.25, 0.3) is 10.9 Å². The van der Waals surface area contributed by atoms with E-state index in [2.05, 4.69) is 11.9 Å². The Balaban J connectivity index is 2.38. The third-order valence-corrected chi connectivity index (χ3v) is 2.52. The maximum atomic E-state index is 9.82. The monoisotopic (exact) mass is 201 g/mol. The van der Waals surface area contributed by atoms with Crippen molar-refractivity contribution in [1.82, 2.24) is 4.98 Å². The first kappa shape index (κ1) is 10.1. The number of aliphatic hydroxyl groups is 1. The average Bonchev–Trinajstić information content (AvgIpc) is 2.29. The number of aromatic nitrogens is 1. The van der Waals surface area contributed by atoms with Crippen molar-refractivity contribution in [1.29, 1.82) is 0 Å². The largest absolute Gasteiger partial charge is 0.387 e. The van der Waals surface area contributed by atoms with Crippen molar-refractivity contribution in [2.75, 3.05) is 0 Å². The van der Waals surface area contributed by atoms with Crippen molar-refractivity contribution >= 4 is 10.9 Å². The van der Waals surface area contributed by atoms with E-state index in [-0.39, 0.29) is 0 Å². The Hall–Kier alpha value is -1.41. The minimum Gasteiger partial charge on any atom is -0.387 e. The number of benzene rings is 1. The fourth-order valence-electron chi connectivity index (χ4n) is 1.69. The van der Waals surface area contributed by atoms with E-state index in [1.807, 2.05) is 36.4 Å². The molecule has 0 amide bonds. The van der Waals surface area contributed by atoms with Gasteiger partial charge in [-0.15, -0.1) is 0 Å². The smallest absolute Gasteiger partial charge is 0.0959 e. The lowest BCUT2D eigenvalue weighted by atomic mass is 10.1. The normalized spacial score (nSPS) is 12.9. The van der Waals surface area contributed by atoms with Crippen molar-refractivity contribution < 1.29 is 5.11 Å². The summed E-state index contributed by atoms with van der Waals surface area (Å²) >= 11 is 0. The number of fused-ring (bicyclic) bond motifs is 1. The van der Waals surface area contributed by atoms with Crippen LogP contribution in [0.2, 0.25) is 0 Å². The number of pyridine rings is 1. The van der Waals surface area contributed by atoms with Crippen LogP contribution in [0.4, 0.5) is 0 Å². The van der Waals surface area contributed by atoms with E-state index in [4.69, 9.17) is 0 Å². The Bertz CT molecular complexity index is 453. The average molecular weight is 201 g/mol. The maximum absolute atomic E-state index is 9.82. The van der Waals surface area contributed by atoms with Gasteiger partial charge < -0.3 is 5.11 Å². The van der Waals surface area contributed by atoms with Gasteiger partial charge in [0.15, 0.2) is 0 Å². The summed E-state index contributed by atoms with van der Waals surface area (Å²) in [6.45, 7) is 2.06. The second kappa shape index (κ2) is 4.41. The van der Waals surface area contributed by atoms with Crippen LogP contribution in [0.1, 0.15) is 31.6 Å². The van der Waals surface area contributed by atoms with Crippen molar-refractivity contribution in [2.45, 2.75) is 25.9 Å². The molecule has 15 heavy (non-hydrogen) atoms. The summed E-state index contributed by atoms with van der Waals surface area (Å²) in [5.74, 6) is 0. The lowest BCUT2D eigenvalue weighted by Gasteiger charge is -2.09. The van der Waals surface area contributed by atoms with E-state index in [1.54, 1.807) is 0 Å². The molecular formula is C13H15NO. The highest BCUT2D eigenvalue weighted by Crippen LogP contribution is 2.19. The molecule has 1 aromatic carbocycles. The molecule has 1 atom stereocenters. The molecule has 0 aliphatic heterocycles. The van der Waals surface area contributed by atoms with E-state index < -0.39 is 6.10 Å². The minimum absolute atomic E-state index is 0.431. The molecule has 0 aliphatic carbocycles. The van der Waals surface area contributed by atoms with E-state index in [1.165, 1.54) is 0 Å². The summed E-state index contributed by atoms with van der Waals surface area (Å²) in [5.41, 5.74) is 1.72. The Morgan fingerprint density at radius 2 is 2.00 bits per heavy atom. The van der Waals surface area contributed by atoms with Gasteiger partial charge in [-0.05, 0) is 18.6 Å². The van der Waals surface area contributed by atoms with Crippen LogP contribution in [0, 0.1) is 0 Å². The van der Waals surface area contributed by atoms with E-state index in [0.717, 1.165) is 29.4 Å². The van der Waals surface area contributed by atoms with Gasteiger partial charge in [-0.25, -0.2) is 0 Å². The third-order valence-electron chi connectivity index (χ3n) is 2.52. The standard InChI is InChI=1S/C13H15NO/c1-2-5-13(15)12-9-8-10-6-3-4-7-11(10)14-12/h3-4,6-9,13,15H,2,5H2,1H3/t13-/m1/s1. The molecule has 0 saturated heterocycles. The zero-order chi connectivity index (χ0) is 10.7. The van der Waals surface area contributed by atoms with Crippen LogP contribution in [0.5, 0.6) is 0 Å². The molecule has 1 aromatic heterocycles. The summed E-state index contributed by atoms with van der Waals surface area (Å²) in [7, 11) is 0. The lowest BCUT2D eigenvalue weighted by Crippen LogP contribution is -1.99. The van der Waals surface area contributed by atoms with Gasteiger partial charge in [0, 0.05) is 5.39 Å². The molecule has 1 heterocycles. The fraction of sp³-hybridized carbons (Fsp3) is 0.308. The lowest BCUT2D eigenvalue weighted by molar-refractivity contribution is 0.162. The Morgan fingerprint density at radius 1 is 1.20 bits per heavy atom. The molecular weight excluding hydrogens is 186 g/mol. The van der Waals surface area contributed by atoms with Crippen LogP contribution in [0.15, 0.2) is 36.4 Å². The molecule has 2 nitrogen and oxygen atoms in total. The number of hydrogen-bond acceptors (Lipinski definition) is 2. The molecule has 2 aromatic rings. The van der Waals surface area contributed by atoms with E-state index in [0.29, 0.717) is 0 Å². The zero-order valence-electron chi connectivity index (χ0n) is 8.85. The highest BCUT2D eigenvalue weighted by Gasteiger charge is 2.07. The van der Waals surface area contributed by atoms with Gasteiger partial charge in [0.25, 0.3) is 0 Å². The number of aliphatic hydroxyl groups excluding tert-OH is 1. The summed E-state index contributed by atoms with van der Waals surface area (Å²) in [6.07, 6.45) is 1.31. The van der Waals surface area contributed by atoms with Crippen molar-refractivity contribution in [3.05, 3.63) is 42.1 Å². The molecule has 0 unspecified atom stereocenters. The van der Waals surface area contributed by atoms with Crippen molar-refractivity contribution in [3.63, 3.8) is 0 Å². The molecule has 2 heteroatoms. The molecule has 1 N–H and O–H groups in total. The Morgan fingerprint density at radius 3 is 2.80 bits per heavy atom. The van der Waals surface area contributed by atoms with Gasteiger partial charge >= 0.3 is 0 Å². The topological polar surface area (TPSA) is 33.1 Å². The molecule has 0 spiro atoms. The molecule has 78 valence electrons. The molecule has 0 radical (unpaired) electrons. The number of rotatable bonds is 3. The predicted octanol–water partition coefficient (Wildman–Crippen LogP) is 3.07. The Kier molecular flexibility index (Phi) is 2.97. The van der Waals surface area contributed by atoms with Crippen LogP contribution < -0.4 is 0 Å².